The zero-order valence-corrected chi connectivity index (χ0v) is 10.2. The maximum Gasteiger partial charge on any atom is 0.389 e. The van der Waals surface area contributed by atoms with Gasteiger partial charge in [0.15, 0.2) is 0 Å². The summed E-state index contributed by atoms with van der Waals surface area (Å²) >= 11 is 0. The van der Waals surface area contributed by atoms with Crippen LogP contribution in [0, 0.1) is 0 Å². The highest BCUT2D eigenvalue weighted by Gasteiger charge is 2.27. The maximum absolute atomic E-state index is 12.0. The van der Waals surface area contributed by atoms with Gasteiger partial charge in [0.25, 0.3) is 0 Å². The second-order valence-electron chi connectivity index (χ2n) is 4.01. The van der Waals surface area contributed by atoms with Crippen molar-refractivity contribution in [3.8, 4) is 0 Å². The Bertz CT molecular complexity index is 167. The van der Waals surface area contributed by atoms with Crippen LogP contribution in [-0.2, 0) is 0 Å². The average molecular weight is 240 g/mol. The highest BCUT2D eigenvalue weighted by molar-refractivity contribution is 4.70. The zero-order valence-electron chi connectivity index (χ0n) is 10.2. The summed E-state index contributed by atoms with van der Waals surface area (Å²) in [7, 11) is 0. The minimum absolute atomic E-state index is 0.167. The molecule has 0 heterocycles. The Morgan fingerprint density at radius 3 is 2.06 bits per heavy atom. The molecule has 0 aromatic heterocycles. The molecule has 0 bridgehead atoms. The summed E-state index contributed by atoms with van der Waals surface area (Å²) in [6.07, 6.45) is -2.65. The summed E-state index contributed by atoms with van der Waals surface area (Å²) in [4.78, 5) is 2.08. The van der Waals surface area contributed by atoms with Crippen molar-refractivity contribution in [3.63, 3.8) is 0 Å². The largest absolute Gasteiger partial charge is 0.389 e. The van der Waals surface area contributed by atoms with E-state index in [-0.39, 0.29) is 6.42 Å². The van der Waals surface area contributed by atoms with Crippen LogP contribution in [0.25, 0.3) is 0 Å². The molecule has 16 heavy (non-hydrogen) atoms. The summed E-state index contributed by atoms with van der Waals surface area (Å²) in [5.41, 5.74) is 5.47. The average Bonchev–Trinajstić information content (AvgIpc) is 2.17. The standard InChI is InChI=1S/C11H23F3N2/c1-3-10(4-2)16(9-7-15)8-5-6-11(12,13)14/h10H,3-9,15H2,1-2H3. The molecule has 0 saturated heterocycles. The molecule has 0 rings (SSSR count). The summed E-state index contributed by atoms with van der Waals surface area (Å²) in [5.74, 6) is 0. The van der Waals surface area contributed by atoms with Gasteiger partial charge in [0.2, 0.25) is 0 Å². The van der Waals surface area contributed by atoms with Crippen LogP contribution in [0.4, 0.5) is 13.2 Å². The molecule has 2 N–H and O–H groups in total. The summed E-state index contributed by atoms with van der Waals surface area (Å²) < 4.78 is 36.0. The lowest BCUT2D eigenvalue weighted by atomic mass is 10.1. The molecular formula is C11H23F3N2. The van der Waals surface area contributed by atoms with Gasteiger partial charge >= 0.3 is 6.18 Å². The van der Waals surface area contributed by atoms with Gasteiger partial charge in [0, 0.05) is 25.6 Å². The minimum atomic E-state index is -4.04. The van der Waals surface area contributed by atoms with E-state index in [1.165, 1.54) is 0 Å². The van der Waals surface area contributed by atoms with E-state index >= 15 is 0 Å². The number of halogens is 3. The number of nitrogens with two attached hydrogens (primary N) is 1. The van der Waals surface area contributed by atoms with E-state index in [4.69, 9.17) is 5.73 Å². The highest BCUT2D eigenvalue weighted by Crippen LogP contribution is 2.22. The van der Waals surface area contributed by atoms with Gasteiger partial charge in [-0.1, -0.05) is 13.8 Å². The summed E-state index contributed by atoms with van der Waals surface area (Å²) in [5, 5.41) is 0. The number of alkyl halides is 3. The molecule has 0 aliphatic rings. The summed E-state index contributed by atoms with van der Waals surface area (Å²) in [6.45, 7) is 5.79. The Kier molecular flexibility index (Phi) is 7.76. The van der Waals surface area contributed by atoms with Crippen molar-refractivity contribution < 1.29 is 13.2 Å². The predicted octanol–water partition coefficient (Wildman–Crippen LogP) is 2.78. The molecule has 0 fully saturated rings. The third-order valence-electron chi connectivity index (χ3n) is 2.78. The first kappa shape index (κ1) is 15.7. The van der Waals surface area contributed by atoms with Crippen molar-refractivity contribution >= 4 is 0 Å². The van der Waals surface area contributed by atoms with E-state index in [2.05, 4.69) is 18.7 Å². The molecule has 0 aromatic rings. The molecule has 98 valence electrons. The monoisotopic (exact) mass is 240 g/mol. The van der Waals surface area contributed by atoms with E-state index in [9.17, 15) is 13.2 Å². The molecule has 0 saturated carbocycles. The van der Waals surface area contributed by atoms with Gasteiger partial charge in [-0.15, -0.1) is 0 Å². The van der Waals surface area contributed by atoms with Gasteiger partial charge in [0.1, 0.15) is 0 Å². The van der Waals surface area contributed by atoms with Crippen LogP contribution in [-0.4, -0.2) is 36.8 Å². The van der Waals surface area contributed by atoms with Crippen LogP contribution in [0.2, 0.25) is 0 Å². The van der Waals surface area contributed by atoms with Crippen molar-refractivity contribution in [2.45, 2.75) is 51.7 Å². The molecule has 0 amide bonds. The second-order valence-corrected chi connectivity index (χ2v) is 4.01. The summed E-state index contributed by atoms with van der Waals surface area (Å²) in [6, 6.07) is 0.358. The molecule has 5 heteroatoms. The number of nitrogens with zero attached hydrogens (tertiary/aromatic N) is 1. The minimum Gasteiger partial charge on any atom is -0.329 e. The van der Waals surface area contributed by atoms with Gasteiger partial charge in [-0.3, -0.25) is 4.90 Å². The Labute approximate surface area is 96.0 Å². The van der Waals surface area contributed by atoms with E-state index in [1.807, 2.05) is 0 Å². The molecule has 0 unspecified atom stereocenters. The fraction of sp³-hybridized carbons (Fsp3) is 1.00. The third-order valence-corrected chi connectivity index (χ3v) is 2.78. The molecule has 0 aromatic carbocycles. The topological polar surface area (TPSA) is 29.3 Å². The van der Waals surface area contributed by atoms with Crippen LogP contribution >= 0.6 is 0 Å². The quantitative estimate of drug-likeness (QED) is 0.707. The second kappa shape index (κ2) is 7.90. The van der Waals surface area contributed by atoms with Crippen molar-refractivity contribution in [1.29, 1.82) is 0 Å². The maximum atomic E-state index is 12.0. The van der Waals surface area contributed by atoms with Gasteiger partial charge in [-0.2, -0.15) is 13.2 Å². The smallest absolute Gasteiger partial charge is 0.329 e. The lowest BCUT2D eigenvalue weighted by molar-refractivity contribution is -0.136. The number of hydrogen-bond acceptors (Lipinski definition) is 2. The zero-order chi connectivity index (χ0) is 12.6. The molecule has 0 aliphatic carbocycles. The first-order valence-electron chi connectivity index (χ1n) is 5.95. The highest BCUT2D eigenvalue weighted by atomic mass is 19.4. The van der Waals surface area contributed by atoms with E-state index in [1.54, 1.807) is 0 Å². The Balaban J connectivity index is 4.02. The Hall–Kier alpha value is -0.290. The Morgan fingerprint density at radius 1 is 1.12 bits per heavy atom. The molecule has 0 atom stereocenters. The van der Waals surface area contributed by atoms with E-state index < -0.39 is 12.6 Å². The van der Waals surface area contributed by atoms with Crippen molar-refractivity contribution in [2.24, 2.45) is 5.73 Å². The lowest BCUT2D eigenvalue weighted by Gasteiger charge is -2.30. The van der Waals surface area contributed by atoms with E-state index in [0.717, 1.165) is 12.8 Å². The number of rotatable bonds is 8. The first-order valence-corrected chi connectivity index (χ1v) is 5.95. The molecule has 0 spiro atoms. The Morgan fingerprint density at radius 2 is 1.69 bits per heavy atom. The van der Waals surface area contributed by atoms with Crippen molar-refractivity contribution in [1.82, 2.24) is 4.90 Å². The molecule has 2 nitrogen and oxygen atoms in total. The normalized spacial score (nSPS) is 12.8. The predicted molar refractivity (Wildman–Crippen MR) is 60.3 cm³/mol. The van der Waals surface area contributed by atoms with Crippen LogP contribution in [0.5, 0.6) is 0 Å². The molecule has 0 radical (unpaired) electrons. The van der Waals surface area contributed by atoms with Crippen molar-refractivity contribution in [2.75, 3.05) is 19.6 Å². The molecular weight excluding hydrogens is 217 g/mol. The molecule has 0 aliphatic heterocycles. The lowest BCUT2D eigenvalue weighted by Crippen LogP contribution is -2.39. The number of hydrogen-bond donors (Lipinski definition) is 1. The van der Waals surface area contributed by atoms with Gasteiger partial charge < -0.3 is 5.73 Å². The fourth-order valence-corrected chi connectivity index (χ4v) is 1.93. The van der Waals surface area contributed by atoms with E-state index in [0.29, 0.717) is 25.7 Å². The first-order chi connectivity index (χ1) is 7.44. The van der Waals surface area contributed by atoms with Crippen molar-refractivity contribution in [3.05, 3.63) is 0 Å². The van der Waals surface area contributed by atoms with Crippen LogP contribution in [0.1, 0.15) is 39.5 Å². The van der Waals surface area contributed by atoms with Gasteiger partial charge in [-0.25, -0.2) is 0 Å². The third kappa shape index (κ3) is 7.06. The van der Waals surface area contributed by atoms with Crippen LogP contribution in [0.15, 0.2) is 0 Å². The van der Waals surface area contributed by atoms with Crippen LogP contribution < -0.4 is 5.73 Å². The van der Waals surface area contributed by atoms with Gasteiger partial charge in [-0.05, 0) is 25.8 Å². The fourth-order valence-electron chi connectivity index (χ4n) is 1.93. The van der Waals surface area contributed by atoms with Gasteiger partial charge in [0.05, 0.1) is 0 Å². The SMILES string of the molecule is CCC(CC)N(CCN)CCCC(F)(F)F. The van der Waals surface area contributed by atoms with Crippen LogP contribution in [0.3, 0.4) is 0 Å².